The Balaban J connectivity index is 2.21. The molecular formula is C12H12N2O2. The summed E-state index contributed by atoms with van der Waals surface area (Å²) in [6.45, 7) is 3.91. The fourth-order valence-corrected chi connectivity index (χ4v) is 1.57. The van der Waals surface area contributed by atoms with Crippen LogP contribution in [0.4, 0.5) is 5.69 Å². The molecule has 82 valence electrons. The van der Waals surface area contributed by atoms with Crippen LogP contribution in [0.1, 0.15) is 11.1 Å². The Morgan fingerprint density at radius 1 is 1.06 bits per heavy atom. The lowest BCUT2D eigenvalue weighted by Gasteiger charge is -2.18. The Labute approximate surface area is 93.5 Å². The Hall–Kier alpha value is -2.10. The van der Waals surface area contributed by atoms with Crippen LogP contribution in [0.5, 0.6) is 0 Å². The van der Waals surface area contributed by atoms with Crippen LogP contribution in [-0.2, 0) is 9.59 Å². The molecule has 4 heteroatoms. The van der Waals surface area contributed by atoms with E-state index in [4.69, 9.17) is 0 Å². The molecule has 0 radical (unpaired) electrons. The normalized spacial score (nSPS) is 14.8. The van der Waals surface area contributed by atoms with Gasteiger partial charge in [0.05, 0.1) is 5.69 Å². The highest BCUT2D eigenvalue weighted by atomic mass is 16.2. The van der Waals surface area contributed by atoms with Crippen molar-refractivity contribution in [3.8, 4) is 0 Å². The maximum atomic E-state index is 11.3. The highest BCUT2D eigenvalue weighted by Gasteiger charge is 2.23. The van der Waals surface area contributed by atoms with E-state index in [1.54, 1.807) is 0 Å². The number of rotatable bonds is 2. The van der Waals surface area contributed by atoms with Crippen molar-refractivity contribution in [3.63, 3.8) is 0 Å². The number of hydrazine groups is 1. The predicted octanol–water partition coefficient (Wildman–Crippen LogP) is 1.56. The Morgan fingerprint density at radius 3 is 2.25 bits per heavy atom. The van der Waals surface area contributed by atoms with E-state index in [0.29, 0.717) is 0 Å². The highest BCUT2D eigenvalue weighted by Crippen LogP contribution is 2.18. The number of aryl methyl sites for hydroxylation is 2. The second-order valence-corrected chi connectivity index (χ2v) is 3.78. The van der Waals surface area contributed by atoms with Gasteiger partial charge >= 0.3 is 0 Å². The molecule has 1 aliphatic heterocycles. The summed E-state index contributed by atoms with van der Waals surface area (Å²) in [7, 11) is 0. The second kappa shape index (κ2) is 3.81. The van der Waals surface area contributed by atoms with Gasteiger partial charge in [0, 0.05) is 12.2 Å². The Morgan fingerprint density at radius 2 is 1.69 bits per heavy atom. The Bertz CT molecular complexity index is 474. The fraction of sp³-hybridized carbons (Fsp3) is 0.167. The van der Waals surface area contributed by atoms with E-state index in [-0.39, 0.29) is 11.8 Å². The van der Waals surface area contributed by atoms with Crippen LogP contribution in [-0.4, -0.2) is 16.8 Å². The van der Waals surface area contributed by atoms with Gasteiger partial charge in [-0.2, -0.15) is 5.01 Å². The first-order valence-electron chi connectivity index (χ1n) is 4.98. The van der Waals surface area contributed by atoms with Crippen LogP contribution >= 0.6 is 0 Å². The summed E-state index contributed by atoms with van der Waals surface area (Å²) in [6.07, 6.45) is 2.50. The first kappa shape index (κ1) is 10.4. The highest BCUT2D eigenvalue weighted by molar-refractivity contribution is 6.13. The van der Waals surface area contributed by atoms with Crippen LogP contribution < -0.4 is 5.43 Å². The fourth-order valence-electron chi connectivity index (χ4n) is 1.57. The molecule has 0 aliphatic carbocycles. The third-order valence-corrected chi connectivity index (χ3v) is 2.42. The van der Waals surface area contributed by atoms with Crippen molar-refractivity contribution in [2.75, 3.05) is 5.43 Å². The molecule has 0 bridgehead atoms. The van der Waals surface area contributed by atoms with E-state index in [1.807, 2.05) is 32.0 Å². The molecule has 0 spiro atoms. The summed E-state index contributed by atoms with van der Waals surface area (Å²) >= 11 is 0. The van der Waals surface area contributed by atoms with Gasteiger partial charge in [-0.05, 0) is 25.5 Å². The second-order valence-electron chi connectivity index (χ2n) is 3.78. The lowest BCUT2D eigenvalue weighted by molar-refractivity contribution is -0.135. The zero-order chi connectivity index (χ0) is 11.7. The molecule has 2 amide bonds. The minimum absolute atomic E-state index is 0.343. The molecular weight excluding hydrogens is 204 g/mol. The molecule has 4 nitrogen and oxygen atoms in total. The van der Waals surface area contributed by atoms with E-state index in [0.717, 1.165) is 21.8 Å². The lowest BCUT2D eigenvalue weighted by atomic mass is 10.1. The third kappa shape index (κ3) is 1.82. The van der Waals surface area contributed by atoms with Gasteiger partial charge in [-0.25, -0.2) is 0 Å². The first-order chi connectivity index (χ1) is 7.58. The van der Waals surface area contributed by atoms with Crippen LogP contribution in [0.3, 0.4) is 0 Å². The molecule has 16 heavy (non-hydrogen) atoms. The number of amides is 2. The van der Waals surface area contributed by atoms with Gasteiger partial charge in [0.25, 0.3) is 11.8 Å². The quantitative estimate of drug-likeness (QED) is 0.763. The average molecular weight is 216 g/mol. The number of benzene rings is 1. The summed E-state index contributed by atoms with van der Waals surface area (Å²) in [4.78, 5) is 22.6. The van der Waals surface area contributed by atoms with Crippen LogP contribution in [0, 0.1) is 13.8 Å². The summed E-state index contributed by atoms with van der Waals surface area (Å²) in [5.74, 6) is -0.685. The van der Waals surface area contributed by atoms with Crippen molar-refractivity contribution in [1.29, 1.82) is 0 Å². The SMILES string of the molecule is Cc1ccc(NN2C(=O)C=CC2=O)c(C)c1. The number of carbonyl (C=O) groups is 2. The van der Waals surface area contributed by atoms with E-state index in [1.165, 1.54) is 12.2 Å². The average Bonchev–Trinajstić information content (AvgIpc) is 2.53. The maximum absolute atomic E-state index is 11.3. The van der Waals surface area contributed by atoms with Crippen LogP contribution in [0.15, 0.2) is 30.4 Å². The maximum Gasteiger partial charge on any atom is 0.272 e. The molecule has 2 rings (SSSR count). The number of carbonyl (C=O) groups excluding carboxylic acids is 2. The number of nitrogens with one attached hydrogen (secondary N) is 1. The van der Waals surface area contributed by atoms with E-state index in [2.05, 4.69) is 5.43 Å². The molecule has 0 saturated heterocycles. The predicted molar refractivity (Wildman–Crippen MR) is 60.5 cm³/mol. The van der Waals surface area contributed by atoms with Gasteiger partial charge < -0.3 is 0 Å². The molecule has 0 unspecified atom stereocenters. The number of hydrogen-bond donors (Lipinski definition) is 1. The number of imide groups is 1. The topological polar surface area (TPSA) is 49.4 Å². The molecule has 0 fully saturated rings. The molecule has 1 aliphatic rings. The summed E-state index contributed by atoms with van der Waals surface area (Å²) in [5, 5.41) is 0.998. The monoisotopic (exact) mass is 216 g/mol. The van der Waals surface area contributed by atoms with E-state index < -0.39 is 0 Å². The van der Waals surface area contributed by atoms with E-state index >= 15 is 0 Å². The third-order valence-electron chi connectivity index (χ3n) is 2.42. The minimum atomic E-state index is -0.343. The van der Waals surface area contributed by atoms with Gasteiger partial charge in [-0.3, -0.25) is 15.0 Å². The van der Waals surface area contributed by atoms with Gasteiger partial charge in [0.2, 0.25) is 0 Å². The number of nitrogens with zero attached hydrogens (tertiary/aromatic N) is 1. The lowest BCUT2D eigenvalue weighted by Crippen LogP contribution is -2.35. The van der Waals surface area contributed by atoms with Gasteiger partial charge in [-0.15, -0.1) is 0 Å². The van der Waals surface area contributed by atoms with Crippen LogP contribution in [0.25, 0.3) is 0 Å². The molecule has 1 N–H and O–H groups in total. The molecule has 1 aromatic rings. The van der Waals surface area contributed by atoms with Crippen LogP contribution in [0.2, 0.25) is 0 Å². The Kier molecular flexibility index (Phi) is 2.48. The summed E-state index contributed by atoms with van der Waals surface area (Å²) in [5.41, 5.74) is 5.70. The number of anilines is 1. The standard InChI is InChI=1S/C12H12N2O2/c1-8-3-4-10(9(2)7-8)13-14-11(15)5-6-12(14)16/h3-7,13H,1-2H3. The van der Waals surface area contributed by atoms with Gasteiger partial charge in [0.1, 0.15) is 0 Å². The summed E-state index contributed by atoms with van der Waals surface area (Å²) < 4.78 is 0. The van der Waals surface area contributed by atoms with Crippen molar-refractivity contribution in [1.82, 2.24) is 5.01 Å². The molecule has 0 saturated carbocycles. The largest absolute Gasteiger partial charge is 0.288 e. The molecule has 0 aromatic heterocycles. The smallest absolute Gasteiger partial charge is 0.272 e. The molecule has 1 heterocycles. The van der Waals surface area contributed by atoms with Gasteiger partial charge in [0.15, 0.2) is 0 Å². The van der Waals surface area contributed by atoms with Crippen molar-refractivity contribution < 1.29 is 9.59 Å². The molecule has 1 aromatic carbocycles. The zero-order valence-corrected chi connectivity index (χ0v) is 9.15. The van der Waals surface area contributed by atoms with Crippen molar-refractivity contribution in [3.05, 3.63) is 41.5 Å². The van der Waals surface area contributed by atoms with Crippen molar-refractivity contribution >= 4 is 17.5 Å². The first-order valence-corrected chi connectivity index (χ1v) is 4.98. The summed E-state index contributed by atoms with van der Waals surface area (Å²) in [6, 6.07) is 5.76. The minimum Gasteiger partial charge on any atom is -0.288 e. The van der Waals surface area contributed by atoms with Crippen molar-refractivity contribution in [2.45, 2.75) is 13.8 Å². The van der Waals surface area contributed by atoms with E-state index in [9.17, 15) is 9.59 Å². The van der Waals surface area contributed by atoms with Gasteiger partial charge in [-0.1, -0.05) is 17.7 Å². The number of hydrogen-bond acceptors (Lipinski definition) is 3. The van der Waals surface area contributed by atoms with Crippen molar-refractivity contribution in [2.24, 2.45) is 0 Å². The molecule has 0 atom stereocenters. The zero-order valence-electron chi connectivity index (χ0n) is 9.15.